The number of phenols is 1. The molecule has 0 aromatic heterocycles. The van der Waals surface area contributed by atoms with E-state index in [4.69, 9.17) is 0 Å². The van der Waals surface area contributed by atoms with Crippen LogP contribution in [0.3, 0.4) is 0 Å². The van der Waals surface area contributed by atoms with Crippen molar-refractivity contribution in [3.05, 3.63) is 59.2 Å². The first-order chi connectivity index (χ1) is 12.1. The summed E-state index contributed by atoms with van der Waals surface area (Å²) in [5.41, 5.74) is 3.79. The van der Waals surface area contributed by atoms with E-state index in [1.807, 2.05) is 12.1 Å². The fourth-order valence-corrected chi connectivity index (χ4v) is 3.27. The summed E-state index contributed by atoms with van der Waals surface area (Å²) in [7, 11) is 1.79. The molecule has 3 N–H and O–H groups in total. The van der Waals surface area contributed by atoms with Crippen molar-refractivity contribution < 1.29 is 5.11 Å². The average Bonchev–Trinajstić information content (AvgIpc) is 2.63. The minimum Gasteiger partial charge on any atom is -0.508 e. The van der Waals surface area contributed by atoms with Gasteiger partial charge in [-0.15, -0.1) is 11.8 Å². The fraction of sp³-hybridized carbons (Fsp3) is 0.350. The largest absolute Gasteiger partial charge is 0.508 e. The van der Waals surface area contributed by atoms with Crippen LogP contribution in [0.1, 0.15) is 23.1 Å². The number of aryl methyl sites for hydroxylation is 2. The van der Waals surface area contributed by atoms with Crippen LogP contribution in [0.15, 0.2) is 52.4 Å². The number of aromatic hydroxyl groups is 1. The molecule has 0 heterocycles. The summed E-state index contributed by atoms with van der Waals surface area (Å²) in [4.78, 5) is 5.59. The van der Waals surface area contributed by atoms with Gasteiger partial charge in [0.1, 0.15) is 5.75 Å². The van der Waals surface area contributed by atoms with Gasteiger partial charge in [0, 0.05) is 25.0 Å². The van der Waals surface area contributed by atoms with Crippen LogP contribution in [0.25, 0.3) is 0 Å². The van der Waals surface area contributed by atoms with Gasteiger partial charge in [-0.05, 0) is 60.9 Å². The molecule has 0 atom stereocenters. The minimum absolute atomic E-state index is 0.312. The highest BCUT2D eigenvalue weighted by Crippen LogP contribution is 2.21. The van der Waals surface area contributed by atoms with E-state index < -0.39 is 0 Å². The van der Waals surface area contributed by atoms with Gasteiger partial charge in [0.15, 0.2) is 5.96 Å². The maximum Gasteiger partial charge on any atom is 0.191 e. The second-order valence-corrected chi connectivity index (χ2v) is 6.79. The van der Waals surface area contributed by atoms with Crippen LogP contribution in [-0.2, 0) is 13.0 Å². The first-order valence-electron chi connectivity index (χ1n) is 8.48. The molecule has 25 heavy (non-hydrogen) atoms. The van der Waals surface area contributed by atoms with Crippen molar-refractivity contribution in [3.63, 3.8) is 0 Å². The lowest BCUT2D eigenvalue weighted by molar-refractivity contribution is 0.475. The SMILES string of the molecule is CN=C(NCCCc1ccc(O)cc1)NCc1ccc(C)cc1SC. The fourth-order valence-electron chi connectivity index (χ4n) is 2.56. The van der Waals surface area contributed by atoms with Gasteiger partial charge < -0.3 is 15.7 Å². The summed E-state index contributed by atoms with van der Waals surface area (Å²) in [5.74, 6) is 1.13. The molecule has 2 aromatic carbocycles. The molecule has 0 aliphatic carbocycles. The number of hydrogen-bond acceptors (Lipinski definition) is 3. The first-order valence-corrected chi connectivity index (χ1v) is 9.71. The van der Waals surface area contributed by atoms with Crippen molar-refractivity contribution in [1.29, 1.82) is 0 Å². The molecule has 4 nitrogen and oxygen atoms in total. The second kappa shape index (κ2) is 9.99. The molecule has 0 aliphatic heterocycles. The molecule has 0 amide bonds. The van der Waals surface area contributed by atoms with Gasteiger partial charge in [0.25, 0.3) is 0 Å². The normalized spacial score (nSPS) is 11.4. The predicted molar refractivity (Wildman–Crippen MR) is 108 cm³/mol. The van der Waals surface area contributed by atoms with E-state index in [2.05, 4.69) is 47.0 Å². The van der Waals surface area contributed by atoms with Gasteiger partial charge in [-0.3, -0.25) is 4.99 Å². The summed E-state index contributed by atoms with van der Waals surface area (Å²) < 4.78 is 0. The summed E-state index contributed by atoms with van der Waals surface area (Å²) in [5, 5.41) is 16.0. The van der Waals surface area contributed by atoms with Crippen molar-refractivity contribution in [2.45, 2.75) is 31.2 Å². The van der Waals surface area contributed by atoms with E-state index in [0.717, 1.165) is 31.9 Å². The van der Waals surface area contributed by atoms with Crippen LogP contribution in [0, 0.1) is 6.92 Å². The van der Waals surface area contributed by atoms with Crippen molar-refractivity contribution in [1.82, 2.24) is 10.6 Å². The summed E-state index contributed by atoms with van der Waals surface area (Å²) >= 11 is 1.77. The van der Waals surface area contributed by atoms with Crippen LogP contribution in [-0.4, -0.2) is 30.9 Å². The van der Waals surface area contributed by atoms with Crippen molar-refractivity contribution in [3.8, 4) is 5.75 Å². The van der Waals surface area contributed by atoms with Gasteiger partial charge in [0.2, 0.25) is 0 Å². The molecule has 0 aliphatic rings. The van der Waals surface area contributed by atoms with Crippen molar-refractivity contribution >= 4 is 17.7 Å². The molecule has 0 bridgehead atoms. The number of hydrogen-bond donors (Lipinski definition) is 3. The topological polar surface area (TPSA) is 56.7 Å². The summed E-state index contributed by atoms with van der Waals surface area (Å²) in [6.07, 6.45) is 4.08. The molecule has 0 spiro atoms. The second-order valence-electron chi connectivity index (χ2n) is 5.94. The Morgan fingerprint density at radius 2 is 1.88 bits per heavy atom. The average molecular weight is 358 g/mol. The van der Waals surface area contributed by atoms with Gasteiger partial charge in [-0.25, -0.2) is 0 Å². The van der Waals surface area contributed by atoms with Crippen LogP contribution in [0.2, 0.25) is 0 Å². The number of guanidine groups is 1. The third-order valence-corrected chi connectivity index (χ3v) is 4.80. The van der Waals surface area contributed by atoms with Gasteiger partial charge in [-0.1, -0.05) is 24.3 Å². The van der Waals surface area contributed by atoms with Crippen molar-refractivity contribution in [2.24, 2.45) is 4.99 Å². The third-order valence-electron chi connectivity index (χ3n) is 3.98. The number of thioether (sulfide) groups is 1. The molecule has 0 radical (unpaired) electrons. The van der Waals surface area contributed by atoms with Gasteiger partial charge in [0.05, 0.1) is 0 Å². The Morgan fingerprint density at radius 1 is 1.12 bits per heavy atom. The molecular weight excluding hydrogens is 330 g/mol. The highest BCUT2D eigenvalue weighted by atomic mass is 32.2. The third kappa shape index (κ3) is 6.35. The quantitative estimate of drug-likeness (QED) is 0.306. The zero-order valence-corrected chi connectivity index (χ0v) is 16.0. The van der Waals surface area contributed by atoms with E-state index in [0.29, 0.717) is 5.75 Å². The Hall–Kier alpha value is -2.14. The van der Waals surface area contributed by atoms with Crippen LogP contribution < -0.4 is 10.6 Å². The van der Waals surface area contributed by atoms with Gasteiger partial charge >= 0.3 is 0 Å². The Morgan fingerprint density at radius 3 is 2.56 bits per heavy atom. The standard InChI is InChI=1S/C20H27N3OS/c1-15-6-9-17(19(13-15)25-3)14-23-20(21-2)22-12-4-5-16-7-10-18(24)11-8-16/h6-11,13,24H,4-5,12,14H2,1-3H3,(H2,21,22,23). The van der Waals surface area contributed by atoms with Crippen LogP contribution in [0.5, 0.6) is 5.75 Å². The maximum atomic E-state index is 9.30. The van der Waals surface area contributed by atoms with Crippen molar-refractivity contribution in [2.75, 3.05) is 19.8 Å². The van der Waals surface area contributed by atoms with E-state index in [1.54, 1.807) is 30.9 Å². The van der Waals surface area contributed by atoms with E-state index in [9.17, 15) is 5.11 Å². The predicted octanol–water partition coefficient (Wildman–Crippen LogP) is 3.72. The number of nitrogens with zero attached hydrogens (tertiary/aromatic N) is 1. The highest BCUT2D eigenvalue weighted by molar-refractivity contribution is 7.98. The molecule has 2 aromatic rings. The molecule has 5 heteroatoms. The zero-order valence-electron chi connectivity index (χ0n) is 15.2. The summed E-state index contributed by atoms with van der Waals surface area (Å²) in [6.45, 7) is 3.73. The molecule has 0 fully saturated rings. The molecule has 134 valence electrons. The number of rotatable bonds is 7. The zero-order chi connectivity index (χ0) is 18.1. The first kappa shape index (κ1) is 19.2. The number of benzene rings is 2. The lowest BCUT2D eigenvalue weighted by Crippen LogP contribution is -2.37. The molecule has 0 saturated carbocycles. The van der Waals surface area contributed by atoms with E-state index in [-0.39, 0.29) is 0 Å². The van der Waals surface area contributed by atoms with E-state index in [1.165, 1.54) is 21.6 Å². The highest BCUT2D eigenvalue weighted by Gasteiger charge is 2.04. The lowest BCUT2D eigenvalue weighted by Gasteiger charge is -2.14. The lowest BCUT2D eigenvalue weighted by atomic mass is 10.1. The van der Waals surface area contributed by atoms with Gasteiger partial charge in [-0.2, -0.15) is 0 Å². The number of aliphatic imine (C=N–C) groups is 1. The van der Waals surface area contributed by atoms with Crippen LogP contribution >= 0.6 is 11.8 Å². The Bertz CT molecular complexity index is 699. The number of phenolic OH excluding ortho intramolecular Hbond substituents is 1. The molecule has 0 unspecified atom stereocenters. The Labute approximate surface area is 154 Å². The summed E-state index contributed by atoms with van der Waals surface area (Å²) in [6, 6.07) is 13.9. The molecule has 0 saturated heterocycles. The maximum absolute atomic E-state index is 9.30. The smallest absolute Gasteiger partial charge is 0.191 e. The van der Waals surface area contributed by atoms with E-state index >= 15 is 0 Å². The monoisotopic (exact) mass is 357 g/mol. The Kier molecular flexibility index (Phi) is 7.67. The molecular formula is C20H27N3OS. The minimum atomic E-state index is 0.312. The number of nitrogens with one attached hydrogen (secondary N) is 2. The Balaban J connectivity index is 1.76. The molecule has 2 rings (SSSR count). The van der Waals surface area contributed by atoms with Crippen LogP contribution in [0.4, 0.5) is 0 Å².